The van der Waals surface area contributed by atoms with Crippen LogP contribution in [0.15, 0.2) is 48.5 Å². The molecule has 0 aromatic heterocycles. The third kappa shape index (κ3) is 3.99. The van der Waals surface area contributed by atoms with Crippen molar-refractivity contribution in [1.82, 2.24) is 5.32 Å². The van der Waals surface area contributed by atoms with Gasteiger partial charge in [0.2, 0.25) is 0 Å². The Balaban J connectivity index is 2.21. The standard InChI is InChI=1S/C18H24N2O/c1-19-18(12-14-7-5-10-17(11-14)21-4)15-8-6-9-16(13-15)20(2)3/h5-11,13,18-19H,12H2,1-4H3. The fourth-order valence-corrected chi connectivity index (χ4v) is 2.44. The molecule has 2 aromatic carbocycles. The van der Waals surface area contributed by atoms with Gasteiger partial charge in [-0.15, -0.1) is 0 Å². The van der Waals surface area contributed by atoms with E-state index in [9.17, 15) is 0 Å². The van der Waals surface area contributed by atoms with E-state index in [0.717, 1.165) is 12.2 Å². The first-order valence-corrected chi connectivity index (χ1v) is 7.21. The highest BCUT2D eigenvalue weighted by atomic mass is 16.5. The molecule has 112 valence electrons. The van der Waals surface area contributed by atoms with Gasteiger partial charge >= 0.3 is 0 Å². The van der Waals surface area contributed by atoms with Crippen molar-refractivity contribution in [1.29, 1.82) is 0 Å². The maximum Gasteiger partial charge on any atom is 0.119 e. The topological polar surface area (TPSA) is 24.5 Å². The van der Waals surface area contributed by atoms with E-state index in [2.05, 4.69) is 60.7 Å². The monoisotopic (exact) mass is 284 g/mol. The van der Waals surface area contributed by atoms with Gasteiger partial charge in [0.15, 0.2) is 0 Å². The van der Waals surface area contributed by atoms with Gasteiger partial charge in [-0.2, -0.15) is 0 Å². The Bertz CT molecular complexity index is 581. The molecule has 0 saturated heterocycles. The molecule has 0 saturated carbocycles. The number of nitrogens with zero attached hydrogens (tertiary/aromatic N) is 1. The summed E-state index contributed by atoms with van der Waals surface area (Å²) in [5.74, 6) is 0.907. The van der Waals surface area contributed by atoms with E-state index < -0.39 is 0 Å². The second-order valence-corrected chi connectivity index (χ2v) is 5.39. The van der Waals surface area contributed by atoms with Gasteiger partial charge in [-0.05, 0) is 48.9 Å². The number of benzene rings is 2. The van der Waals surface area contributed by atoms with Gasteiger partial charge in [0, 0.05) is 25.8 Å². The van der Waals surface area contributed by atoms with E-state index in [1.165, 1.54) is 16.8 Å². The number of hydrogen-bond donors (Lipinski definition) is 1. The molecule has 21 heavy (non-hydrogen) atoms. The minimum atomic E-state index is 0.289. The Morgan fingerprint density at radius 2 is 1.86 bits per heavy atom. The number of hydrogen-bond acceptors (Lipinski definition) is 3. The molecule has 1 atom stereocenters. The molecule has 0 spiro atoms. The number of likely N-dealkylation sites (N-methyl/N-ethyl adjacent to an activating group) is 1. The fraction of sp³-hybridized carbons (Fsp3) is 0.333. The number of anilines is 1. The van der Waals surface area contributed by atoms with Crippen molar-refractivity contribution >= 4 is 5.69 Å². The Morgan fingerprint density at radius 3 is 2.52 bits per heavy atom. The molecule has 2 rings (SSSR count). The van der Waals surface area contributed by atoms with Gasteiger partial charge < -0.3 is 15.0 Å². The van der Waals surface area contributed by atoms with Crippen molar-refractivity contribution in [3.8, 4) is 5.75 Å². The van der Waals surface area contributed by atoms with E-state index >= 15 is 0 Å². The second kappa shape index (κ2) is 7.14. The minimum absolute atomic E-state index is 0.289. The maximum absolute atomic E-state index is 5.30. The van der Waals surface area contributed by atoms with Gasteiger partial charge in [-0.1, -0.05) is 24.3 Å². The van der Waals surface area contributed by atoms with Crippen LogP contribution < -0.4 is 15.0 Å². The molecule has 0 aliphatic rings. The average molecular weight is 284 g/mol. The van der Waals surface area contributed by atoms with Crippen LogP contribution in [0.1, 0.15) is 17.2 Å². The molecule has 1 N–H and O–H groups in total. The van der Waals surface area contributed by atoms with Crippen LogP contribution in [0.4, 0.5) is 5.69 Å². The summed E-state index contributed by atoms with van der Waals surface area (Å²) in [6.45, 7) is 0. The maximum atomic E-state index is 5.30. The van der Waals surface area contributed by atoms with E-state index in [0.29, 0.717) is 0 Å². The third-order valence-electron chi connectivity index (χ3n) is 3.71. The molecule has 0 aliphatic heterocycles. The van der Waals surface area contributed by atoms with E-state index in [1.54, 1.807) is 7.11 Å². The summed E-state index contributed by atoms with van der Waals surface area (Å²) < 4.78 is 5.30. The second-order valence-electron chi connectivity index (χ2n) is 5.39. The van der Waals surface area contributed by atoms with Crippen molar-refractivity contribution in [3.63, 3.8) is 0 Å². The zero-order valence-corrected chi connectivity index (χ0v) is 13.3. The lowest BCUT2D eigenvalue weighted by Crippen LogP contribution is -2.19. The van der Waals surface area contributed by atoms with Crippen LogP contribution >= 0.6 is 0 Å². The van der Waals surface area contributed by atoms with E-state index in [-0.39, 0.29) is 6.04 Å². The highest BCUT2D eigenvalue weighted by Gasteiger charge is 2.11. The molecule has 3 nitrogen and oxygen atoms in total. The summed E-state index contributed by atoms with van der Waals surface area (Å²) in [6.07, 6.45) is 0.935. The van der Waals surface area contributed by atoms with Crippen molar-refractivity contribution < 1.29 is 4.74 Å². The molecule has 0 amide bonds. The third-order valence-corrected chi connectivity index (χ3v) is 3.71. The Hall–Kier alpha value is -2.00. The lowest BCUT2D eigenvalue weighted by molar-refractivity contribution is 0.414. The van der Waals surface area contributed by atoms with E-state index in [4.69, 9.17) is 4.74 Å². The van der Waals surface area contributed by atoms with Crippen LogP contribution in [0.3, 0.4) is 0 Å². The number of nitrogens with one attached hydrogen (secondary N) is 1. The highest BCUT2D eigenvalue weighted by Crippen LogP contribution is 2.24. The van der Waals surface area contributed by atoms with Crippen LogP contribution in [0.5, 0.6) is 5.75 Å². The lowest BCUT2D eigenvalue weighted by atomic mass is 9.98. The van der Waals surface area contributed by atoms with Gasteiger partial charge in [0.1, 0.15) is 5.75 Å². The van der Waals surface area contributed by atoms with Gasteiger partial charge in [-0.3, -0.25) is 0 Å². The molecule has 0 radical (unpaired) electrons. The van der Waals surface area contributed by atoms with Crippen molar-refractivity contribution in [2.45, 2.75) is 12.5 Å². The molecular formula is C18H24N2O. The van der Waals surface area contributed by atoms with Gasteiger partial charge in [-0.25, -0.2) is 0 Å². The van der Waals surface area contributed by atoms with Crippen LogP contribution in [0, 0.1) is 0 Å². The van der Waals surface area contributed by atoms with Crippen molar-refractivity contribution in [2.24, 2.45) is 0 Å². The normalized spacial score (nSPS) is 12.0. The Morgan fingerprint density at radius 1 is 1.10 bits per heavy atom. The summed E-state index contributed by atoms with van der Waals surface area (Å²) in [4.78, 5) is 2.13. The largest absolute Gasteiger partial charge is 0.497 e. The minimum Gasteiger partial charge on any atom is -0.497 e. The summed E-state index contributed by atoms with van der Waals surface area (Å²) in [7, 11) is 7.84. The molecule has 1 unspecified atom stereocenters. The van der Waals surface area contributed by atoms with Crippen LogP contribution in [-0.4, -0.2) is 28.3 Å². The highest BCUT2D eigenvalue weighted by molar-refractivity contribution is 5.48. The molecular weight excluding hydrogens is 260 g/mol. The summed E-state index contributed by atoms with van der Waals surface area (Å²) >= 11 is 0. The zero-order chi connectivity index (χ0) is 15.2. The summed E-state index contributed by atoms with van der Waals surface area (Å²) in [5, 5.41) is 3.41. The quantitative estimate of drug-likeness (QED) is 0.881. The fourth-order valence-electron chi connectivity index (χ4n) is 2.44. The molecule has 0 heterocycles. The smallest absolute Gasteiger partial charge is 0.119 e. The SMILES string of the molecule is CNC(Cc1cccc(OC)c1)c1cccc(N(C)C)c1. The summed E-state index contributed by atoms with van der Waals surface area (Å²) in [6, 6.07) is 17.2. The number of ether oxygens (including phenoxy) is 1. The van der Waals surface area contributed by atoms with Crippen LogP contribution in [0.25, 0.3) is 0 Å². The molecule has 2 aromatic rings. The van der Waals surface area contributed by atoms with Crippen LogP contribution in [0.2, 0.25) is 0 Å². The average Bonchev–Trinajstić information content (AvgIpc) is 2.53. The zero-order valence-electron chi connectivity index (χ0n) is 13.3. The molecule has 3 heteroatoms. The molecule has 0 fully saturated rings. The number of rotatable bonds is 6. The lowest BCUT2D eigenvalue weighted by Gasteiger charge is -2.20. The van der Waals surface area contributed by atoms with Crippen LogP contribution in [-0.2, 0) is 6.42 Å². The predicted octanol–water partition coefficient (Wildman–Crippen LogP) is 3.26. The van der Waals surface area contributed by atoms with Crippen molar-refractivity contribution in [3.05, 3.63) is 59.7 Å². The predicted molar refractivity (Wildman–Crippen MR) is 89.3 cm³/mol. The first-order valence-electron chi connectivity index (χ1n) is 7.21. The molecule has 0 aliphatic carbocycles. The van der Waals surface area contributed by atoms with Gasteiger partial charge in [0.25, 0.3) is 0 Å². The number of methoxy groups -OCH3 is 1. The first-order chi connectivity index (χ1) is 10.1. The first kappa shape index (κ1) is 15.4. The summed E-state index contributed by atoms with van der Waals surface area (Å²) in [5.41, 5.74) is 3.79. The van der Waals surface area contributed by atoms with Gasteiger partial charge in [0.05, 0.1) is 7.11 Å². The Labute approximate surface area is 127 Å². The van der Waals surface area contributed by atoms with E-state index in [1.807, 2.05) is 19.2 Å². The Kier molecular flexibility index (Phi) is 5.23. The van der Waals surface area contributed by atoms with Crippen molar-refractivity contribution in [2.75, 3.05) is 33.2 Å². The molecule has 0 bridgehead atoms.